The fraction of sp³-hybridized carbons (Fsp3) is 0.417. The van der Waals surface area contributed by atoms with Crippen LogP contribution >= 0.6 is 0 Å². The van der Waals surface area contributed by atoms with Crippen molar-refractivity contribution < 1.29 is 4.79 Å². The monoisotopic (exact) mass is 176 g/mol. The summed E-state index contributed by atoms with van der Waals surface area (Å²) in [5.41, 5.74) is 2.68. The highest BCUT2D eigenvalue weighted by Crippen LogP contribution is 2.12. The maximum atomic E-state index is 10.4. The molecule has 0 fully saturated rings. The van der Waals surface area contributed by atoms with E-state index in [2.05, 4.69) is 19.1 Å². The second kappa shape index (κ2) is 4.80. The minimum absolute atomic E-state index is 0.180. The second-order valence-electron chi connectivity index (χ2n) is 3.58. The highest BCUT2D eigenvalue weighted by molar-refractivity contribution is 5.52. The van der Waals surface area contributed by atoms with Crippen molar-refractivity contribution in [1.29, 1.82) is 0 Å². The second-order valence-corrected chi connectivity index (χ2v) is 3.58. The lowest BCUT2D eigenvalue weighted by Gasteiger charge is -2.06. The molecule has 13 heavy (non-hydrogen) atoms. The van der Waals surface area contributed by atoms with Gasteiger partial charge in [-0.1, -0.05) is 31.2 Å². The number of carbonyl (C=O) groups excluding carboxylic acids is 1. The first-order valence-electron chi connectivity index (χ1n) is 4.74. The molecule has 0 bridgehead atoms. The van der Waals surface area contributed by atoms with Gasteiger partial charge in [-0.05, 0) is 30.9 Å². The van der Waals surface area contributed by atoms with Crippen molar-refractivity contribution in [3.8, 4) is 0 Å². The Bertz CT molecular complexity index is 278. The van der Waals surface area contributed by atoms with E-state index < -0.39 is 0 Å². The molecule has 0 amide bonds. The zero-order chi connectivity index (χ0) is 9.68. The van der Waals surface area contributed by atoms with E-state index in [4.69, 9.17) is 0 Å². The summed E-state index contributed by atoms with van der Waals surface area (Å²) in [5, 5.41) is 0. The fourth-order valence-electron chi connectivity index (χ4n) is 1.34. The van der Waals surface area contributed by atoms with Crippen molar-refractivity contribution >= 4 is 6.29 Å². The Balaban J connectivity index is 2.54. The summed E-state index contributed by atoms with van der Waals surface area (Å²) in [6.07, 6.45) is 2.99. The molecule has 1 nitrogen and oxygen atoms in total. The van der Waals surface area contributed by atoms with Gasteiger partial charge in [0.05, 0.1) is 0 Å². The molecular weight excluding hydrogens is 160 g/mol. The van der Waals surface area contributed by atoms with Crippen LogP contribution in [-0.4, -0.2) is 6.29 Å². The van der Waals surface area contributed by atoms with Crippen molar-refractivity contribution in [2.45, 2.75) is 26.7 Å². The van der Waals surface area contributed by atoms with E-state index >= 15 is 0 Å². The lowest BCUT2D eigenvalue weighted by molar-refractivity contribution is -0.110. The quantitative estimate of drug-likeness (QED) is 0.645. The minimum atomic E-state index is 0.180. The van der Waals surface area contributed by atoms with Gasteiger partial charge >= 0.3 is 0 Å². The van der Waals surface area contributed by atoms with Gasteiger partial charge in [0, 0.05) is 5.92 Å². The van der Waals surface area contributed by atoms with E-state index in [1.807, 2.05) is 19.1 Å². The summed E-state index contributed by atoms with van der Waals surface area (Å²) in [4.78, 5) is 10.4. The highest BCUT2D eigenvalue weighted by atomic mass is 16.1. The molecule has 0 saturated carbocycles. The number of carbonyl (C=O) groups is 1. The van der Waals surface area contributed by atoms with Crippen LogP contribution in [0.3, 0.4) is 0 Å². The Labute approximate surface area is 79.8 Å². The first-order valence-corrected chi connectivity index (χ1v) is 4.74. The Morgan fingerprint density at radius 3 is 2.69 bits per heavy atom. The third kappa shape index (κ3) is 3.02. The SMILES string of the molecule is Cc1ccccc1CCC(C)C=O. The highest BCUT2D eigenvalue weighted by Gasteiger charge is 2.01. The summed E-state index contributed by atoms with van der Waals surface area (Å²) in [6, 6.07) is 8.34. The van der Waals surface area contributed by atoms with E-state index in [0.29, 0.717) is 0 Å². The topological polar surface area (TPSA) is 17.1 Å². The zero-order valence-electron chi connectivity index (χ0n) is 8.29. The predicted octanol–water partition coefficient (Wildman–Crippen LogP) is 2.76. The molecule has 1 rings (SSSR count). The van der Waals surface area contributed by atoms with Crippen molar-refractivity contribution in [1.82, 2.24) is 0 Å². The van der Waals surface area contributed by atoms with E-state index in [1.165, 1.54) is 11.1 Å². The summed E-state index contributed by atoms with van der Waals surface area (Å²) in [5.74, 6) is 0.180. The third-order valence-corrected chi connectivity index (χ3v) is 2.36. The van der Waals surface area contributed by atoms with Gasteiger partial charge in [0.25, 0.3) is 0 Å². The van der Waals surface area contributed by atoms with Crippen molar-refractivity contribution in [3.63, 3.8) is 0 Å². The Hall–Kier alpha value is -1.11. The average Bonchev–Trinajstić information content (AvgIpc) is 2.16. The van der Waals surface area contributed by atoms with Gasteiger partial charge in [0.2, 0.25) is 0 Å². The molecule has 0 aromatic heterocycles. The van der Waals surface area contributed by atoms with Crippen LogP contribution in [0.5, 0.6) is 0 Å². The zero-order valence-corrected chi connectivity index (χ0v) is 8.29. The van der Waals surface area contributed by atoms with Gasteiger partial charge in [0.15, 0.2) is 0 Å². The number of benzene rings is 1. The molecule has 0 aliphatic rings. The predicted molar refractivity (Wildman–Crippen MR) is 54.7 cm³/mol. The number of hydrogen-bond donors (Lipinski definition) is 0. The lowest BCUT2D eigenvalue weighted by atomic mass is 9.99. The molecule has 0 N–H and O–H groups in total. The van der Waals surface area contributed by atoms with E-state index in [9.17, 15) is 4.79 Å². The first-order chi connectivity index (χ1) is 6.24. The van der Waals surface area contributed by atoms with Crippen LogP contribution in [0.4, 0.5) is 0 Å². The Morgan fingerprint density at radius 2 is 2.08 bits per heavy atom. The molecule has 70 valence electrons. The Morgan fingerprint density at radius 1 is 1.38 bits per heavy atom. The smallest absolute Gasteiger partial charge is 0.122 e. The van der Waals surface area contributed by atoms with Crippen LogP contribution in [0.25, 0.3) is 0 Å². The van der Waals surface area contributed by atoms with Crippen molar-refractivity contribution in [3.05, 3.63) is 35.4 Å². The van der Waals surface area contributed by atoms with Gasteiger partial charge in [0.1, 0.15) is 6.29 Å². The minimum Gasteiger partial charge on any atom is -0.303 e. The molecule has 0 aliphatic heterocycles. The maximum Gasteiger partial charge on any atom is 0.122 e. The fourth-order valence-corrected chi connectivity index (χ4v) is 1.34. The molecule has 0 radical (unpaired) electrons. The van der Waals surface area contributed by atoms with Gasteiger partial charge in [-0.25, -0.2) is 0 Å². The van der Waals surface area contributed by atoms with Crippen LogP contribution in [-0.2, 0) is 11.2 Å². The molecule has 0 heterocycles. The normalized spacial score (nSPS) is 12.5. The van der Waals surface area contributed by atoms with Crippen LogP contribution in [0.2, 0.25) is 0 Å². The molecule has 0 aliphatic carbocycles. The van der Waals surface area contributed by atoms with E-state index in [1.54, 1.807) is 0 Å². The summed E-state index contributed by atoms with van der Waals surface area (Å²) >= 11 is 0. The first kappa shape index (κ1) is 9.97. The van der Waals surface area contributed by atoms with Gasteiger partial charge < -0.3 is 4.79 Å². The molecule has 1 unspecified atom stereocenters. The largest absolute Gasteiger partial charge is 0.303 e. The molecule has 1 heteroatoms. The van der Waals surface area contributed by atoms with Gasteiger partial charge in [-0.3, -0.25) is 0 Å². The van der Waals surface area contributed by atoms with E-state index in [0.717, 1.165) is 19.1 Å². The summed E-state index contributed by atoms with van der Waals surface area (Å²) < 4.78 is 0. The molecular formula is C12H16O. The number of rotatable bonds is 4. The number of aldehydes is 1. The molecule has 1 atom stereocenters. The van der Waals surface area contributed by atoms with Gasteiger partial charge in [-0.2, -0.15) is 0 Å². The van der Waals surface area contributed by atoms with E-state index in [-0.39, 0.29) is 5.92 Å². The molecule has 0 spiro atoms. The van der Waals surface area contributed by atoms with Crippen molar-refractivity contribution in [2.75, 3.05) is 0 Å². The number of hydrogen-bond acceptors (Lipinski definition) is 1. The van der Waals surface area contributed by atoms with Crippen LogP contribution < -0.4 is 0 Å². The van der Waals surface area contributed by atoms with Crippen LogP contribution in [0.1, 0.15) is 24.5 Å². The Kier molecular flexibility index (Phi) is 3.69. The van der Waals surface area contributed by atoms with Crippen LogP contribution in [0.15, 0.2) is 24.3 Å². The van der Waals surface area contributed by atoms with Crippen molar-refractivity contribution in [2.24, 2.45) is 5.92 Å². The van der Waals surface area contributed by atoms with Gasteiger partial charge in [-0.15, -0.1) is 0 Å². The summed E-state index contributed by atoms with van der Waals surface area (Å²) in [7, 11) is 0. The maximum absolute atomic E-state index is 10.4. The average molecular weight is 176 g/mol. The van der Waals surface area contributed by atoms with Crippen LogP contribution in [0, 0.1) is 12.8 Å². The molecule has 0 saturated heterocycles. The third-order valence-electron chi connectivity index (χ3n) is 2.36. The summed E-state index contributed by atoms with van der Waals surface area (Å²) in [6.45, 7) is 4.08. The standard InChI is InChI=1S/C12H16O/c1-10(9-13)7-8-12-6-4-3-5-11(12)2/h3-6,9-10H,7-8H2,1-2H3. The molecule has 1 aromatic rings. The molecule has 1 aromatic carbocycles. The number of aryl methyl sites for hydroxylation is 2. The lowest BCUT2D eigenvalue weighted by Crippen LogP contribution is -1.99.